The molecule has 19 heavy (non-hydrogen) atoms. The van der Waals surface area contributed by atoms with E-state index in [1.54, 1.807) is 0 Å². The van der Waals surface area contributed by atoms with E-state index in [0.717, 1.165) is 31.4 Å². The zero-order valence-electron chi connectivity index (χ0n) is 11.6. The van der Waals surface area contributed by atoms with Crippen molar-refractivity contribution in [1.29, 1.82) is 0 Å². The fraction of sp³-hybridized carbons (Fsp3) is 0.533. The van der Waals surface area contributed by atoms with E-state index in [2.05, 4.69) is 5.48 Å². The molecule has 0 unspecified atom stereocenters. The molecule has 0 saturated heterocycles. The van der Waals surface area contributed by atoms with Crippen LogP contribution in [0.4, 0.5) is 0 Å². The molecule has 0 aliphatic heterocycles. The van der Waals surface area contributed by atoms with Gasteiger partial charge in [-0.15, -0.1) is 0 Å². The Morgan fingerprint density at radius 2 is 1.95 bits per heavy atom. The first-order valence-electron chi connectivity index (χ1n) is 6.87. The normalized spacial score (nSPS) is 10.4. The number of benzene rings is 1. The van der Waals surface area contributed by atoms with Crippen molar-refractivity contribution >= 4 is 5.97 Å². The van der Waals surface area contributed by atoms with E-state index in [4.69, 9.17) is 9.57 Å². The zero-order chi connectivity index (χ0) is 13.8. The molecule has 4 heteroatoms. The van der Waals surface area contributed by atoms with Crippen molar-refractivity contribution in [2.24, 2.45) is 0 Å². The quantitative estimate of drug-likeness (QED) is 0.401. The minimum atomic E-state index is -0.101. The molecular formula is C15H23NO3. The summed E-state index contributed by atoms with van der Waals surface area (Å²) in [6.07, 6.45) is 3.38. The number of rotatable bonds is 10. The molecule has 0 aliphatic rings. The fourth-order valence-electron chi connectivity index (χ4n) is 1.66. The summed E-state index contributed by atoms with van der Waals surface area (Å²) in [5.41, 5.74) is 4.08. The van der Waals surface area contributed by atoms with Crippen LogP contribution < -0.4 is 5.48 Å². The molecule has 0 fully saturated rings. The average molecular weight is 265 g/mol. The third kappa shape index (κ3) is 8.35. The van der Waals surface area contributed by atoms with Crippen LogP contribution in [0.1, 0.15) is 38.2 Å². The molecule has 0 heterocycles. The molecule has 0 aromatic heterocycles. The number of esters is 1. The van der Waals surface area contributed by atoms with Gasteiger partial charge in [0.2, 0.25) is 0 Å². The lowest BCUT2D eigenvalue weighted by Gasteiger charge is -2.06. The van der Waals surface area contributed by atoms with Crippen molar-refractivity contribution in [1.82, 2.24) is 5.48 Å². The Balaban J connectivity index is 1.88. The van der Waals surface area contributed by atoms with Crippen molar-refractivity contribution in [2.75, 3.05) is 13.2 Å². The number of unbranched alkanes of at least 4 members (excludes halogenated alkanes) is 2. The number of carbonyl (C=O) groups excluding carboxylic acids is 1. The Kier molecular flexibility index (Phi) is 8.68. The molecule has 1 aromatic carbocycles. The standard InChI is InChI=1S/C15H23NO3/c1-2-18-15(17)11-7-4-8-12-16-19-13-14-9-5-3-6-10-14/h3,5-6,9-10,16H,2,4,7-8,11-13H2,1H3. The van der Waals surface area contributed by atoms with E-state index < -0.39 is 0 Å². The van der Waals surface area contributed by atoms with Crippen molar-refractivity contribution < 1.29 is 14.4 Å². The van der Waals surface area contributed by atoms with E-state index >= 15 is 0 Å². The first-order chi connectivity index (χ1) is 9.33. The van der Waals surface area contributed by atoms with Crippen LogP contribution in [0.2, 0.25) is 0 Å². The minimum absolute atomic E-state index is 0.101. The minimum Gasteiger partial charge on any atom is -0.466 e. The van der Waals surface area contributed by atoms with Gasteiger partial charge in [-0.3, -0.25) is 9.63 Å². The maximum Gasteiger partial charge on any atom is 0.305 e. The van der Waals surface area contributed by atoms with Crippen molar-refractivity contribution in [3.63, 3.8) is 0 Å². The predicted molar refractivity (Wildman–Crippen MR) is 74.3 cm³/mol. The van der Waals surface area contributed by atoms with E-state index in [1.165, 1.54) is 0 Å². The Morgan fingerprint density at radius 3 is 2.68 bits per heavy atom. The third-order valence-corrected chi connectivity index (χ3v) is 2.65. The van der Waals surface area contributed by atoms with E-state index in [1.807, 2.05) is 37.3 Å². The van der Waals surface area contributed by atoms with Crippen molar-refractivity contribution in [3.05, 3.63) is 35.9 Å². The second-order valence-corrected chi connectivity index (χ2v) is 4.28. The molecule has 0 spiro atoms. The van der Waals surface area contributed by atoms with Crippen LogP contribution in [0, 0.1) is 0 Å². The third-order valence-electron chi connectivity index (χ3n) is 2.65. The highest BCUT2D eigenvalue weighted by Gasteiger charge is 2.00. The van der Waals surface area contributed by atoms with Gasteiger partial charge in [-0.1, -0.05) is 36.8 Å². The van der Waals surface area contributed by atoms with Gasteiger partial charge >= 0.3 is 5.97 Å². The smallest absolute Gasteiger partial charge is 0.305 e. The molecule has 106 valence electrons. The Labute approximate surface area is 115 Å². The highest BCUT2D eigenvalue weighted by atomic mass is 16.6. The van der Waals surface area contributed by atoms with Crippen LogP contribution in [-0.2, 0) is 21.0 Å². The first-order valence-corrected chi connectivity index (χ1v) is 6.87. The Hall–Kier alpha value is -1.39. The van der Waals surface area contributed by atoms with E-state index in [9.17, 15) is 4.79 Å². The lowest BCUT2D eigenvalue weighted by molar-refractivity contribution is -0.143. The topological polar surface area (TPSA) is 47.6 Å². The van der Waals surface area contributed by atoms with Crippen molar-refractivity contribution in [2.45, 2.75) is 39.2 Å². The van der Waals surface area contributed by atoms with Crippen LogP contribution >= 0.6 is 0 Å². The molecule has 0 atom stereocenters. The van der Waals surface area contributed by atoms with Gasteiger partial charge in [-0.2, -0.15) is 0 Å². The summed E-state index contributed by atoms with van der Waals surface area (Å²) in [6.45, 7) is 3.67. The molecule has 0 aliphatic carbocycles. The maximum atomic E-state index is 11.1. The summed E-state index contributed by atoms with van der Waals surface area (Å²) in [5, 5.41) is 0. The summed E-state index contributed by atoms with van der Waals surface area (Å²) in [6, 6.07) is 10.0. The number of nitrogens with one attached hydrogen (secondary N) is 1. The molecule has 0 radical (unpaired) electrons. The molecule has 1 aromatic rings. The number of hydroxylamine groups is 1. The maximum absolute atomic E-state index is 11.1. The molecule has 0 saturated carbocycles. The summed E-state index contributed by atoms with van der Waals surface area (Å²) in [7, 11) is 0. The van der Waals surface area contributed by atoms with Crippen LogP contribution in [-0.4, -0.2) is 19.1 Å². The summed E-state index contributed by atoms with van der Waals surface area (Å²) < 4.78 is 4.86. The molecular weight excluding hydrogens is 242 g/mol. The molecule has 0 amide bonds. The lowest BCUT2D eigenvalue weighted by atomic mass is 10.2. The second kappa shape index (κ2) is 10.5. The van der Waals surface area contributed by atoms with E-state index in [-0.39, 0.29) is 5.97 Å². The largest absolute Gasteiger partial charge is 0.466 e. The van der Waals surface area contributed by atoms with Gasteiger partial charge in [-0.25, -0.2) is 5.48 Å². The van der Waals surface area contributed by atoms with Gasteiger partial charge in [-0.05, 0) is 25.3 Å². The predicted octanol–water partition coefficient (Wildman–Crippen LogP) is 2.83. The fourth-order valence-corrected chi connectivity index (χ4v) is 1.66. The van der Waals surface area contributed by atoms with Crippen LogP contribution in [0.15, 0.2) is 30.3 Å². The summed E-state index contributed by atoms with van der Waals surface area (Å²) in [5.74, 6) is -0.101. The number of hydrogen-bond acceptors (Lipinski definition) is 4. The van der Waals surface area contributed by atoms with Crippen LogP contribution in [0.25, 0.3) is 0 Å². The van der Waals surface area contributed by atoms with Crippen molar-refractivity contribution in [3.8, 4) is 0 Å². The first kappa shape index (κ1) is 15.7. The Bertz CT molecular complexity index is 341. The second-order valence-electron chi connectivity index (χ2n) is 4.28. The summed E-state index contributed by atoms with van der Waals surface area (Å²) >= 11 is 0. The summed E-state index contributed by atoms with van der Waals surface area (Å²) in [4.78, 5) is 16.4. The van der Waals surface area contributed by atoms with E-state index in [0.29, 0.717) is 19.6 Å². The van der Waals surface area contributed by atoms with Gasteiger partial charge in [0.05, 0.1) is 13.2 Å². The number of carbonyl (C=O) groups is 1. The highest BCUT2D eigenvalue weighted by Crippen LogP contribution is 2.01. The SMILES string of the molecule is CCOC(=O)CCCCCNOCc1ccccc1. The van der Waals surface area contributed by atoms with Gasteiger partial charge < -0.3 is 4.74 Å². The lowest BCUT2D eigenvalue weighted by Crippen LogP contribution is -2.15. The molecule has 1 N–H and O–H groups in total. The molecule has 4 nitrogen and oxygen atoms in total. The van der Waals surface area contributed by atoms with Crippen LogP contribution in [0.3, 0.4) is 0 Å². The number of hydrogen-bond donors (Lipinski definition) is 1. The monoisotopic (exact) mass is 265 g/mol. The van der Waals surface area contributed by atoms with Gasteiger partial charge in [0, 0.05) is 13.0 Å². The van der Waals surface area contributed by atoms with Gasteiger partial charge in [0.15, 0.2) is 0 Å². The Morgan fingerprint density at radius 1 is 1.16 bits per heavy atom. The number of ether oxygens (including phenoxy) is 1. The molecule has 0 bridgehead atoms. The van der Waals surface area contributed by atoms with Crippen LogP contribution in [0.5, 0.6) is 0 Å². The van der Waals surface area contributed by atoms with Gasteiger partial charge in [0.1, 0.15) is 0 Å². The molecule has 1 rings (SSSR count). The average Bonchev–Trinajstić information content (AvgIpc) is 2.43. The highest BCUT2D eigenvalue weighted by molar-refractivity contribution is 5.69. The zero-order valence-corrected chi connectivity index (χ0v) is 11.6. The van der Waals surface area contributed by atoms with Gasteiger partial charge in [0.25, 0.3) is 0 Å².